The van der Waals surface area contributed by atoms with Crippen LogP contribution in [-0.4, -0.2) is 86.7 Å². The monoisotopic (exact) mass is 702 g/mol. The predicted octanol–water partition coefficient (Wildman–Crippen LogP) is 5.93. The van der Waals surface area contributed by atoms with Crippen LogP contribution in [0, 0.1) is 20.8 Å². The molecule has 0 aromatic heterocycles. The maximum atomic E-state index is 15.1. The van der Waals surface area contributed by atoms with Crippen LogP contribution in [0.3, 0.4) is 0 Å². The highest BCUT2D eigenvalue weighted by atomic mass is 16.7. The molecule has 2 heterocycles. The minimum Gasteiger partial charge on any atom is -0.496 e. The summed E-state index contributed by atoms with van der Waals surface area (Å²) < 4.78 is 35.1. The molecule has 0 aliphatic carbocycles. The van der Waals surface area contributed by atoms with Gasteiger partial charge in [-0.25, -0.2) is 4.79 Å². The Kier molecular flexibility index (Phi) is 10.9. The smallest absolute Gasteiger partial charge is 0.410 e. The van der Waals surface area contributed by atoms with Gasteiger partial charge in [0.2, 0.25) is 12.7 Å². The van der Waals surface area contributed by atoms with Gasteiger partial charge < -0.3 is 33.3 Å². The number of likely N-dealkylation sites (N-methyl/N-ethyl adjacent to an activating group) is 1. The minimum absolute atomic E-state index is 0.0217. The summed E-state index contributed by atoms with van der Waals surface area (Å²) in [4.78, 5) is 57.9. The van der Waals surface area contributed by atoms with Gasteiger partial charge in [0, 0.05) is 35.7 Å². The third-order valence-corrected chi connectivity index (χ3v) is 9.22. The van der Waals surface area contributed by atoms with E-state index >= 15 is 4.79 Å². The van der Waals surface area contributed by atoms with Crippen molar-refractivity contribution >= 4 is 24.1 Å². The highest BCUT2D eigenvalue weighted by molar-refractivity contribution is 6.07. The number of ketones is 1. The maximum absolute atomic E-state index is 15.1. The molecule has 12 nitrogen and oxygen atoms in total. The molecule has 0 unspecified atom stereocenters. The van der Waals surface area contributed by atoms with Crippen LogP contribution in [0.5, 0.6) is 23.0 Å². The van der Waals surface area contributed by atoms with Crippen LogP contribution < -0.4 is 18.9 Å². The van der Waals surface area contributed by atoms with Crippen LogP contribution >= 0.6 is 0 Å². The number of benzene rings is 3. The number of aldehydes is 1. The number of fused-ring (bicyclic) bond motifs is 3. The van der Waals surface area contributed by atoms with Crippen LogP contribution in [0.2, 0.25) is 0 Å². The lowest BCUT2D eigenvalue weighted by Crippen LogP contribution is -2.55. The van der Waals surface area contributed by atoms with Gasteiger partial charge in [0.25, 0.3) is 0 Å². The zero-order valence-electron chi connectivity index (χ0n) is 30.7. The number of nitrogens with zero attached hydrogens (tertiary/aromatic N) is 2. The molecule has 2 amide bonds. The number of amides is 2. The summed E-state index contributed by atoms with van der Waals surface area (Å²) in [5.41, 5.74) is 3.61. The molecule has 0 N–H and O–H groups in total. The van der Waals surface area contributed by atoms with E-state index in [-0.39, 0.29) is 38.8 Å². The first kappa shape index (κ1) is 37.2. The zero-order chi connectivity index (χ0) is 37.2. The normalized spacial score (nSPS) is 15.6. The standard InChI is InChI=1S/C39H46N2O10/c1-22-15-26(27(18-42)23(2)33(22)46-8)16-28(40(7)38(45)51-39(4,5)6)37(44)41-17-30(43)32-31(29(41)20-48-19-25-13-11-10-12-14-25)36-35(49-21-50-36)24(3)34(32)47-9/h10-15,18,28-29H,16-17,19-21H2,1-9H3/t28-,29-/m0/s1. The molecule has 0 saturated heterocycles. The molecule has 0 spiro atoms. The lowest BCUT2D eigenvalue weighted by atomic mass is 9.86. The molecule has 3 aromatic rings. The Morgan fingerprint density at radius 3 is 2.31 bits per heavy atom. The fourth-order valence-electron chi connectivity index (χ4n) is 6.86. The van der Waals surface area contributed by atoms with Gasteiger partial charge in [0.1, 0.15) is 23.1 Å². The molecule has 0 fully saturated rings. The summed E-state index contributed by atoms with van der Waals surface area (Å²) in [6, 6.07) is 9.30. The second kappa shape index (κ2) is 15.0. The predicted molar refractivity (Wildman–Crippen MR) is 188 cm³/mol. The molecule has 3 aromatic carbocycles. The van der Waals surface area contributed by atoms with E-state index in [2.05, 4.69) is 0 Å². The quantitative estimate of drug-likeness (QED) is 0.222. The molecule has 51 heavy (non-hydrogen) atoms. The van der Waals surface area contributed by atoms with Gasteiger partial charge in [0.15, 0.2) is 23.6 Å². The Hall–Kier alpha value is -5.10. The third kappa shape index (κ3) is 7.37. The number of Topliss-reactive ketones (excluding diaryl/α,β-unsaturated/α-hetero) is 1. The van der Waals surface area contributed by atoms with Gasteiger partial charge in [-0.3, -0.25) is 19.3 Å². The SMILES string of the molecule is COc1c(C)cc(C[C@@H](C(=O)N2CC(=O)c3c(OC)c(C)c4c(c3[C@@H]2COCc2ccccc2)OCO4)N(C)C(=O)OC(C)(C)C)c(C=O)c1C. The number of carbonyl (C=O) groups excluding carboxylic acids is 4. The molecule has 272 valence electrons. The van der Waals surface area contributed by atoms with Gasteiger partial charge in [-0.2, -0.15) is 0 Å². The highest BCUT2D eigenvalue weighted by Gasteiger charge is 2.46. The Morgan fingerprint density at radius 2 is 1.69 bits per heavy atom. The molecule has 5 rings (SSSR count). The Balaban J connectivity index is 1.64. The van der Waals surface area contributed by atoms with Crippen molar-refractivity contribution in [2.45, 2.75) is 72.3 Å². The van der Waals surface area contributed by atoms with Crippen molar-refractivity contribution in [3.63, 3.8) is 0 Å². The van der Waals surface area contributed by atoms with Crippen molar-refractivity contribution in [2.75, 3.05) is 41.2 Å². The number of hydrogen-bond donors (Lipinski definition) is 0. The second-order valence-electron chi connectivity index (χ2n) is 13.8. The van der Waals surface area contributed by atoms with E-state index < -0.39 is 29.7 Å². The van der Waals surface area contributed by atoms with Crippen LogP contribution in [0.15, 0.2) is 36.4 Å². The minimum atomic E-state index is -1.20. The number of hydrogen-bond acceptors (Lipinski definition) is 10. The lowest BCUT2D eigenvalue weighted by molar-refractivity contribution is -0.140. The fraction of sp³-hybridized carbons (Fsp3) is 0.436. The Morgan fingerprint density at radius 1 is 1.02 bits per heavy atom. The van der Waals surface area contributed by atoms with Crippen LogP contribution in [0.25, 0.3) is 0 Å². The average molecular weight is 703 g/mol. The summed E-state index contributed by atoms with van der Waals surface area (Å²) in [6.45, 7) is 10.4. The Bertz CT molecular complexity index is 1830. The zero-order valence-corrected chi connectivity index (χ0v) is 30.7. The largest absolute Gasteiger partial charge is 0.496 e. The fourth-order valence-corrected chi connectivity index (χ4v) is 6.86. The molecular weight excluding hydrogens is 656 g/mol. The third-order valence-electron chi connectivity index (χ3n) is 9.22. The Labute approximate surface area is 298 Å². The van der Waals surface area contributed by atoms with E-state index in [1.807, 2.05) is 37.3 Å². The van der Waals surface area contributed by atoms with Gasteiger partial charge in [-0.05, 0) is 58.2 Å². The van der Waals surface area contributed by atoms with E-state index in [1.54, 1.807) is 40.7 Å². The van der Waals surface area contributed by atoms with E-state index in [4.69, 9.17) is 28.4 Å². The van der Waals surface area contributed by atoms with Gasteiger partial charge in [-0.15, -0.1) is 0 Å². The van der Waals surface area contributed by atoms with E-state index in [9.17, 15) is 14.4 Å². The first-order chi connectivity index (χ1) is 24.2. The summed E-state index contributed by atoms with van der Waals surface area (Å²) in [6.07, 6.45) is -0.0816. The number of ether oxygens (including phenoxy) is 6. The van der Waals surface area contributed by atoms with Gasteiger partial charge >= 0.3 is 6.09 Å². The maximum Gasteiger partial charge on any atom is 0.410 e. The van der Waals surface area contributed by atoms with Crippen molar-refractivity contribution in [2.24, 2.45) is 0 Å². The number of rotatable bonds is 11. The van der Waals surface area contributed by atoms with Crippen molar-refractivity contribution in [1.29, 1.82) is 0 Å². The molecule has 2 atom stereocenters. The number of carbonyl (C=O) groups is 4. The van der Waals surface area contributed by atoms with Gasteiger partial charge in [-0.1, -0.05) is 36.4 Å². The first-order valence-electron chi connectivity index (χ1n) is 16.8. The average Bonchev–Trinajstić information content (AvgIpc) is 3.58. The van der Waals surface area contributed by atoms with Crippen LogP contribution in [-0.2, 0) is 27.3 Å². The molecule has 12 heteroatoms. The summed E-state index contributed by atoms with van der Waals surface area (Å²) in [5.74, 6) is 0.720. The first-order valence-corrected chi connectivity index (χ1v) is 16.8. The molecule has 2 aliphatic rings. The van der Waals surface area contributed by atoms with Crippen molar-refractivity contribution in [1.82, 2.24) is 9.80 Å². The van der Waals surface area contributed by atoms with Crippen molar-refractivity contribution < 1.29 is 47.6 Å². The van der Waals surface area contributed by atoms with Crippen molar-refractivity contribution in [3.05, 3.63) is 80.9 Å². The molecule has 2 aliphatic heterocycles. The molecule has 0 saturated carbocycles. The summed E-state index contributed by atoms with van der Waals surface area (Å²) in [5, 5.41) is 0. The lowest BCUT2D eigenvalue weighted by Gasteiger charge is -2.41. The van der Waals surface area contributed by atoms with Crippen LogP contribution in [0.4, 0.5) is 4.79 Å². The topological polar surface area (TPSA) is 130 Å². The van der Waals surface area contributed by atoms with Gasteiger partial charge in [0.05, 0.1) is 45.6 Å². The highest BCUT2D eigenvalue weighted by Crippen LogP contribution is 2.51. The summed E-state index contributed by atoms with van der Waals surface area (Å²) >= 11 is 0. The summed E-state index contributed by atoms with van der Waals surface area (Å²) in [7, 11) is 4.48. The number of aryl methyl sites for hydroxylation is 1. The van der Waals surface area contributed by atoms with Crippen LogP contribution in [0.1, 0.15) is 80.9 Å². The van der Waals surface area contributed by atoms with E-state index in [0.717, 1.165) is 17.4 Å². The second-order valence-corrected chi connectivity index (χ2v) is 13.8. The van der Waals surface area contributed by atoms with E-state index in [0.29, 0.717) is 56.4 Å². The van der Waals surface area contributed by atoms with Crippen molar-refractivity contribution in [3.8, 4) is 23.0 Å². The number of methoxy groups -OCH3 is 2. The molecule has 0 radical (unpaired) electrons. The molecular formula is C39H46N2O10. The van der Waals surface area contributed by atoms with E-state index in [1.165, 1.54) is 31.1 Å². The molecule has 0 bridgehead atoms.